The predicted molar refractivity (Wildman–Crippen MR) is 76.0 cm³/mol. The van der Waals surface area contributed by atoms with Gasteiger partial charge >= 0.3 is 12.0 Å². The largest absolute Gasteiger partial charge is 0.481 e. The van der Waals surface area contributed by atoms with Gasteiger partial charge in [0.05, 0.1) is 5.41 Å². The van der Waals surface area contributed by atoms with Crippen molar-refractivity contribution in [2.24, 2.45) is 5.41 Å². The molecule has 0 aromatic heterocycles. The molecule has 0 aliphatic rings. The van der Waals surface area contributed by atoms with Gasteiger partial charge in [-0.25, -0.2) is 4.79 Å². The standard InChI is InChI=1S/C14H24N2O3/c1-5-9-16(10-6-2)13(19)15-11-14(7-3,8-4)12(17)18/h5-6H,1-2,7-11H2,3-4H3,(H,15,19)(H,17,18). The summed E-state index contributed by atoms with van der Waals surface area (Å²) in [7, 11) is 0. The number of carbonyl (C=O) groups is 2. The zero-order valence-electron chi connectivity index (χ0n) is 11.8. The van der Waals surface area contributed by atoms with Gasteiger partial charge in [0.1, 0.15) is 0 Å². The minimum Gasteiger partial charge on any atom is -0.481 e. The second-order valence-electron chi connectivity index (χ2n) is 4.43. The highest BCUT2D eigenvalue weighted by molar-refractivity contribution is 5.78. The van der Waals surface area contributed by atoms with Crippen LogP contribution < -0.4 is 5.32 Å². The molecule has 0 aliphatic heterocycles. The molecule has 0 rings (SSSR count). The van der Waals surface area contributed by atoms with Crippen LogP contribution in [0.2, 0.25) is 0 Å². The monoisotopic (exact) mass is 268 g/mol. The first-order valence-corrected chi connectivity index (χ1v) is 6.45. The van der Waals surface area contributed by atoms with E-state index in [2.05, 4.69) is 18.5 Å². The van der Waals surface area contributed by atoms with E-state index in [4.69, 9.17) is 0 Å². The van der Waals surface area contributed by atoms with E-state index in [1.807, 2.05) is 13.8 Å². The Hall–Kier alpha value is -1.78. The van der Waals surface area contributed by atoms with Crippen LogP contribution in [0.3, 0.4) is 0 Å². The predicted octanol–water partition coefficient (Wildman–Crippen LogP) is 2.26. The van der Waals surface area contributed by atoms with E-state index in [0.717, 1.165) is 0 Å². The summed E-state index contributed by atoms with van der Waals surface area (Å²) in [6, 6.07) is -0.299. The summed E-state index contributed by atoms with van der Waals surface area (Å²) in [4.78, 5) is 24.8. The summed E-state index contributed by atoms with van der Waals surface area (Å²) >= 11 is 0. The summed E-state index contributed by atoms with van der Waals surface area (Å²) < 4.78 is 0. The summed E-state index contributed by atoms with van der Waals surface area (Å²) in [5.41, 5.74) is -0.899. The molecule has 108 valence electrons. The SMILES string of the molecule is C=CCN(CC=C)C(=O)NCC(CC)(CC)C(=O)O. The minimum atomic E-state index is -0.899. The van der Waals surface area contributed by atoms with Gasteiger partial charge in [0.25, 0.3) is 0 Å². The van der Waals surface area contributed by atoms with Crippen molar-refractivity contribution in [3.63, 3.8) is 0 Å². The van der Waals surface area contributed by atoms with E-state index in [9.17, 15) is 14.7 Å². The second kappa shape index (κ2) is 8.34. The number of carboxylic acid groups (broad SMARTS) is 1. The van der Waals surface area contributed by atoms with Gasteiger partial charge < -0.3 is 15.3 Å². The fourth-order valence-electron chi connectivity index (χ4n) is 1.79. The Balaban J connectivity index is 4.66. The van der Waals surface area contributed by atoms with Crippen LogP contribution in [0.1, 0.15) is 26.7 Å². The molecule has 0 aromatic carbocycles. The van der Waals surface area contributed by atoms with Gasteiger partial charge in [-0.3, -0.25) is 4.79 Å². The Morgan fingerprint density at radius 1 is 1.21 bits per heavy atom. The van der Waals surface area contributed by atoms with Crippen LogP contribution in [0, 0.1) is 5.41 Å². The zero-order valence-corrected chi connectivity index (χ0v) is 11.8. The first-order valence-electron chi connectivity index (χ1n) is 6.45. The lowest BCUT2D eigenvalue weighted by Crippen LogP contribution is -2.47. The number of hydrogen-bond acceptors (Lipinski definition) is 2. The fraction of sp³-hybridized carbons (Fsp3) is 0.571. The van der Waals surface area contributed by atoms with Crippen molar-refractivity contribution in [3.05, 3.63) is 25.3 Å². The minimum absolute atomic E-state index is 0.124. The van der Waals surface area contributed by atoms with E-state index in [0.29, 0.717) is 25.9 Å². The second-order valence-corrected chi connectivity index (χ2v) is 4.43. The summed E-state index contributed by atoms with van der Waals surface area (Å²) in [5.74, 6) is -0.878. The van der Waals surface area contributed by atoms with Crippen molar-refractivity contribution < 1.29 is 14.7 Å². The molecule has 0 heterocycles. The molecule has 19 heavy (non-hydrogen) atoms. The third-order valence-electron chi connectivity index (χ3n) is 3.37. The molecule has 0 fully saturated rings. The number of carbonyl (C=O) groups excluding carboxylic acids is 1. The van der Waals surface area contributed by atoms with Crippen molar-refractivity contribution in [2.45, 2.75) is 26.7 Å². The van der Waals surface area contributed by atoms with Crippen LogP contribution in [0.25, 0.3) is 0 Å². The maximum Gasteiger partial charge on any atom is 0.317 e. The highest BCUT2D eigenvalue weighted by Crippen LogP contribution is 2.25. The summed E-state index contributed by atoms with van der Waals surface area (Å²) in [6.07, 6.45) is 4.18. The Labute approximate surface area is 115 Å². The number of urea groups is 1. The Bertz CT molecular complexity index is 326. The first kappa shape index (κ1) is 17.2. The molecule has 0 unspecified atom stereocenters. The number of nitrogens with zero attached hydrogens (tertiary/aromatic N) is 1. The van der Waals surface area contributed by atoms with Gasteiger partial charge in [0.2, 0.25) is 0 Å². The van der Waals surface area contributed by atoms with Gasteiger partial charge in [-0.15, -0.1) is 13.2 Å². The van der Waals surface area contributed by atoms with Gasteiger partial charge in [0, 0.05) is 19.6 Å². The molecular formula is C14H24N2O3. The lowest BCUT2D eigenvalue weighted by molar-refractivity contribution is -0.149. The number of aliphatic carboxylic acids is 1. The normalized spacial score (nSPS) is 10.6. The van der Waals surface area contributed by atoms with E-state index in [-0.39, 0.29) is 12.6 Å². The van der Waals surface area contributed by atoms with Crippen molar-refractivity contribution in [2.75, 3.05) is 19.6 Å². The Morgan fingerprint density at radius 2 is 1.68 bits per heavy atom. The Kier molecular flexibility index (Phi) is 7.56. The van der Waals surface area contributed by atoms with E-state index in [1.54, 1.807) is 12.2 Å². The van der Waals surface area contributed by atoms with Crippen LogP contribution in [-0.4, -0.2) is 41.6 Å². The molecule has 0 radical (unpaired) electrons. The molecular weight excluding hydrogens is 244 g/mol. The summed E-state index contributed by atoms with van der Waals surface area (Å²) in [5, 5.41) is 12.0. The van der Waals surface area contributed by atoms with Crippen molar-refractivity contribution >= 4 is 12.0 Å². The first-order chi connectivity index (χ1) is 8.97. The molecule has 2 N–H and O–H groups in total. The average Bonchev–Trinajstić information content (AvgIpc) is 2.39. The number of rotatable bonds is 9. The number of nitrogens with one attached hydrogen (secondary N) is 1. The quantitative estimate of drug-likeness (QED) is 0.630. The summed E-state index contributed by atoms with van der Waals surface area (Å²) in [6.45, 7) is 11.7. The van der Waals surface area contributed by atoms with E-state index in [1.165, 1.54) is 4.90 Å². The third kappa shape index (κ3) is 4.77. The van der Waals surface area contributed by atoms with Crippen LogP contribution in [0.15, 0.2) is 25.3 Å². The van der Waals surface area contributed by atoms with Crippen LogP contribution >= 0.6 is 0 Å². The van der Waals surface area contributed by atoms with Crippen LogP contribution in [0.4, 0.5) is 4.79 Å². The number of carboxylic acids is 1. The highest BCUT2D eigenvalue weighted by Gasteiger charge is 2.35. The van der Waals surface area contributed by atoms with Crippen molar-refractivity contribution in [1.29, 1.82) is 0 Å². The van der Waals surface area contributed by atoms with Crippen molar-refractivity contribution in [3.8, 4) is 0 Å². The zero-order chi connectivity index (χ0) is 14.9. The molecule has 0 bridgehead atoms. The average molecular weight is 268 g/mol. The van der Waals surface area contributed by atoms with Crippen LogP contribution in [-0.2, 0) is 4.79 Å². The molecule has 0 atom stereocenters. The molecule has 0 spiro atoms. The maximum absolute atomic E-state index is 12.0. The van der Waals surface area contributed by atoms with Gasteiger partial charge in [-0.05, 0) is 12.8 Å². The molecule has 5 nitrogen and oxygen atoms in total. The molecule has 0 saturated carbocycles. The fourth-order valence-corrected chi connectivity index (χ4v) is 1.79. The highest BCUT2D eigenvalue weighted by atomic mass is 16.4. The molecule has 5 heteroatoms. The molecule has 0 aliphatic carbocycles. The smallest absolute Gasteiger partial charge is 0.317 e. The molecule has 0 aromatic rings. The maximum atomic E-state index is 12.0. The van der Waals surface area contributed by atoms with E-state index >= 15 is 0 Å². The number of hydrogen-bond donors (Lipinski definition) is 2. The van der Waals surface area contributed by atoms with Gasteiger partial charge in [0.15, 0.2) is 0 Å². The molecule has 0 saturated heterocycles. The lowest BCUT2D eigenvalue weighted by atomic mass is 9.82. The third-order valence-corrected chi connectivity index (χ3v) is 3.37. The van der Waals surface area contributed by atoms with Gasteiger partial charge in [-0.1, -0.05) is 26.0 Å². The van der Waals surface area contributed by atoms with Crippen LogP contribution in [0.5, 0.6) is 0 Å². The Morgan fingerprint density at radius 3 is 2.00 bits per heavy atom. The van der Waals surface area contributed by atoms with Crippen molar-refractivity contribution in [1.82, 2.24) is 10.2 Å². The molecule has 2 amide bonds. The van der Waals surface area contributed by atoms with E-state index < -0.39 is 11.4 Å². The topological polar surface area (TPSA) is 69.6 Å². The lowest BCUT2D eigenvalue weighted by Gasteiger charge is -2.28. The number of amides is 2. The van der Waals surface area contributed by atoms with Gasteiger partial charge in [-0.2, -0.15) is 0 Å².